The van der Waals surface area contributed by atoms with E-state index in [4.69, 9.17) is 14.2 Å². The normalized spacial score (nSPS) is 13.2. The van der Waals surface area contributed by atoms with Crippen LogP contribution in [0.2, 0.25) is 0 Å². The predicted molar refractivity (Wildman–Crippen MR) is 111 cm³/mol. The molecule has 0 saturated heterocycles. The van der Waals surface area contributed by atoms with E-state index in [9.17, 15) is 9.90 Å². The van der Waals surface area contributed by atoms with Crippen LogP contribution in [-0.4, -0.2) is 30.3 Å². The number of hydrogen-bond donors (Lipinski definition) is 1. The van der Waals surface area contributed by atoms with Crippen LogP contribution in [0.1, 0.15) is 95.3 Å². The second-order valence-electron chi connectivity index (χ2n) is 7.16. The van der Waals surface area contributed by atoms with E-state index in [2.05, 4.69) is 13.8 Å². The molecule has 0 heterocycles. The van der Waals surface area contributed by atoms with Gasteiger partial charge in [0.05, 0.1) is 5.56 Å². The van der Waals surface area contributed by atoms with E-state index in [-0.39, 0.29) is 12.0 Å². The van der Waals surface area contributed by atoms with Gasteiger partial charge < -0.3 is 19.3 Å². The molecule has 1 N–H and O–H groups in total. The molecule has 5 heteroatoms. The van der Waals surface area contributed by atoms with Crippen LogP contribution in [0.15, 0.2) is 24.3 Å². The summed E-state index contributed by atoms with van der Waals surface area (Å²) in [5.74, 6) is -0.339. The maximum Gasteiger partial charge on any atom is 0.340 e. The van der Waals surface area contributed by atoms with Crippen molar-refractivity contribution in [2.24, 2.45) is 0 Å². The van der Waals surface area contributed by atoms with Crippen LogP contribution < -0.4 is 0 Å². The first kappa shape index (κ1) is 24.4. The number of phenolic OH excluding ortho intramolecular Hbond substituents is 1. The molecule has 0 radical (unpaired) electrons. The average molecular weight is 395 g/mol. The Balaban J connectivity index is 2.47. The fourth-order valence-electron chi connectivity index (χ4n) is 2.87. The number of hydrogen-bond acceptors (Lipinski definition) is 5. The quantitative estimate of drug-likeness (QED) is 0.205. The molecule has 0 spiro atoms. The second-order valence-corrected chi connectivity index (χ2v) is 7.16. The van der Waals surface area contributed by atoms with Gasteiger partial charge >= 0.3 is 5.97 Å². The molecule has 28 heavy (non-hydrogen) atoms. The van der Waals surface area contributed by atoms with Crippen molar-refractivity contribution in [3.05, 3.63) is 29.8 Å². The number of ether oxygens (including phenoxy) is 3. The van der Waals surface area contributed by atoms with Crippen molar-refractivity contribution in [2.45, 2.75) is 97.6 Å². The lowest BCUT2D eigenvalue weighted by atomic mass is 10.1. The van der Waals surface area contributed by atoms with Crippen molar-refractivity contribution in [3.63, 3.8) is 0 Å². The number of rotatable bonds is 16. The summed E-state index contributed by atoms with van der Waals surface area (Å²) in [7, 11) is 0. The van der Waals surface area contributed by atoms with E-state index in [0.29, 0.717) is 18.6 Å². The number of unbranched alkanes of at least 4 members (excludes halogenated alkanes) is 5. The predicted octanol–water partition coefficient (Wildman–Crippen LogP) is 6.20. The zero-order chi connectivity index (χ0) is 20.6. The van der Waals surface area contributed by atoms with Gasteiger partial charge in [-0.2, -0.15) is 0 Å². The zero-order valence-electron chi connectivity index (χ0n) is 17.8. The molecule has 0 aromatic heterocycles. The van der Waals surface area contributed by atoms with Gasteiger partial charge in [-0.15, -0.1) is 0 Å². The van der Waals surface area contributed by atoms with Gasteiger partial charge in [0.25, 0.3) is 0 Å². The summed E-state index contributed by atoms with van der Waals surface area (Å²) < 4.78 is 17.4. The van der Waals surface area contributed by atoms with Gasteiger partial charge in [0.2, 0.25) is 6.29 Å². The Morgan fingerprint density at radius 2 is 1.46 bits per heavy atom. The largest absolute Gasteiger partial charge is 0.508 e. The highest BCUT2D eigenvalue weighted by atomic mass is 16.8. The smallest absolute Gasteiger partial charge is 0.340 e. The summed E-state index contributed by atoms with van der Waals surface area (Å²) in [4.78, 5) is 12.3. The fourth-order valence-corrected chi connectivity index (χ4v) is 2.87. The first-order valence-electron chi connectivity index (χ1n) is 10.9. The van der Waals surface area contributed by atoms with Crippen molar-refractivity contribution in [3.8, 4) is 5.75 Å². The maximum atomic E-state index is 12.3. The lowest BCUT2D eigenvalue weighted by Crippen LogP contribution is -2.29. The summed E-state index contributed by atoms with van der Waals surface area (Å²) in [6.07, 6.45) is 9.46. The summed E-state index contributed by atoms with van der Waals surface area (Å²) in [6.45, 7) is 7.00. The standard InChI is InChI=1S/C23H38O5/c1-4-7-8-9-10-11-18-26-21(12-5-2)27-22(13-6-3)28-23(25)19-14-16-20(24)17-15-19/h14-17,21-22,24H,4-13,18H2,1-3H3. The summed E-state index contributed by atoms with van der Waals surface area (Å²) in [5.41, 5.74) is 0.391. The summed E-state index contributed by atoms with van der Waals surface area (Å²) >= 11 is 0. The topological polar surface area (TPSA) is 65.0 Å². The third-order valence-electron chi connectivity index (χ3n) is 4.50. The van der Waals surface area contributed by atoms with E-state index in [0.717, 1.165) is 25.7 Å². The van der Waals surface area contributed by atoms with Crippen molar-refractivity contribution in [1.29, 1.82) is 0 Å². The molecule has 0 aliphatic carbocycles. The Morgan fingerprint density at radius 1 is 0.857 bits per heavy atom. The number of phenols is 1. The minimum atomic E-state index is -0.632. The van der Waals surface area contributed by atoms with Crippen molar-refractivity contribution in [2.75, 3.05) is 6.61 Å². The second kappa shape index (κ2) is 15.3. The van der Waals surface area contributed by atoms with Crippen LogP contribution in [0.5, 0.6) is 5.75 Å². The highest BCUT2D eigenvalue weighted by Crippen LogP contribution is 2.17. The molecule has 0 fully saturated rings. The van der Waals surface area contributed by atoms with Crippen molar-refractivity contribution in [1.82, 2.24) is 0 Å². The summed E-state index contributed by atoms with van der Waals surface area (Å²) in [6, 6.07) is 6.02. The molecule has 0 aliphatic heterocycles. The Kier molecular flexibility index (Phi) is 13.4. The van der Waals surface area contributed by atoms with Gasteiger partial charge in [-0.3, -0.25) is 0 Å². The molecular weight excluding hydrogens is 356 g/mol. The third-order valence-corrected chi connectivity index (χ3v) is 4.50. The molecule has 2 unspecified atom stereocenters. The minimum Gasteiger partial charge on any atom is -0.508 e. The van der Waals surface area contributed by atoms with Gasteiger partial charge in [-0.05, 0) is 37.1 Å². The van der Waals surface area contributed by atoms with E-state index in [1.54, 1.807) is 12.1 Å². The molecule has 1 rings (SSSR count). The third kappa shape index (κ3) is 10.7. The molecule has 160 valence electrons. The molecule has 0 bridgehead atoms. The average Bonchev–Trinajstić information content (AvgIpc) is 2.68. The molecule has 5 nitrogen and oxygen atoms in total. The molecule has 0 amide bonds. The van der Waals surface area contributed by atoms with Crippen LogP contribution in [-0.2, 0) is 14.2 Å². The Labute approximate surface area is 170 Å². The van der Waals surface area contributed by atoms with Crippen LogP contribution in [0.25, 0.3) is 0 Å². The lowest BCUT2D eigenvalue weighted by Gasteiger charge is -2.24. The molecular formula is C23H38O5. The molecule has 0 aliphatic rings. The molecule has 1 aromatic carbocycles. The number of benzene rings is 1. The SMILES string of the molecule is CCCCCCCCOC(CCC)OC(CCC)OC(=O)c1ccc(O)cc1. The Hall–Kier alpha value is -1.59. The van der Waals surface area contributed by atoms with Crippen molar-refractivity contribution < 1.29 is 24.1 Å². The van der Waals surface area contributed by atoms with Crippen molar-refractivity contribution >= 4 is 5.97 Å². The number of carbonyl (C=O) groups is 1. The number of carbonyl (C=O) groups excluding carboxylic acids is 1. The zero-order valence-corrected chi connectivity index (χ0v) is 17.8. The highest BCUT2D eigenvalue weighted by Gasteiger charge is 2.21. The lowest BCUT2D eigenvalue weighted by molar-refractivity contribution is -0.232. The molecule has 1 aromatic rings. The first-order chi connectivity index (χ1) is 13.6. The van der Waals surface area contributed by atoms with Gasteiger partial charge in [0.15, 0.2) is 6.29 Å². The van der Waals surface area contributed by atoms with E-state index in [1.807, 2.05) is 6.92 Å². The fraction of sp³-hybridized carbons (Fsp3) is 0.696. The maximum absolute atomic E-state index is 12.3. The minimum absolute atomic E-state index is 0.115. The molecule has 2 atom stereocenters. The van der Waals surface area contributed by atoms with Gasteiger partial charge in [0, 0.05) is 13.0 Å². The summed E-state index contributed by atoms with van der Waals surface area (Å²) in [5, 5.41) is 9.35. The van der Waals surface area contributed by atoms with Gasteiger partial charge in [0.1, 0.15) is 5.75 Å². The van der Waals surface area contributed by atoms with E-state index < -0.39 is 12.3 Å². The van der Waals surface area contributed by atoms with Gasteiger partial charge in [-0.25, -0.2) is 4.79 Å². The van der Waals surface area contributed by atoms with Crippen LogP contribution in [0.4, 0.5) is 0 Å². The van der Waals surface area contributed by atoms with Crippen LogP contribution in [0.3, 0.4) is 0 Å². The number of esters is 1. The Bertz CT molecular complexity index is 514. The van der Waals surface area contributed by atoms with E-state index in [1.165, 1.54) is 44.2 Å². The van der Waals surface area contributed by atoms with Crippen LogP contribution >= 0.6 is 0 Å². The Morgan fingerprint density at radius 3 is 2.11 bits per heavy atom. The van der Waals surface area contributed by atoms with Gasteiger partial charge in [-0.1, -0.05) is 65.7 Å². The number of aromatic hydroxyl groups is 1. The monoisotopic (exact) mass is 394 g/mol. The van der Waals surface area contributed by atoms with E-state index >= 15 is 0 Å². The first-order valence-corrected chi connectivity index (χ1v) is 10.9. The molecule has 0 saturated carbocycles. The highest BCUT2D eigenvalue weighted by molar-refractivity contribution is 5.89. The van der Waals surface area contributed by atoms with Crippen LogP contribution in [0, 0.1) is 0 Å².